The summed E-state index contributed by atoms with van der Waals surface area (Å²) < 4.78 is 0. The van der Waals surface area contributed by atoms with Crippen molar-refractivity contribution >= 4 is 17.3 Å². The minimum atomic E-state index is -0.782. The molecule has 15 heavy (non-hydrogen) atoms. The highest BCUT2D eigenvalue weighted by Crippen LogP contribution is 2.39. The highest BCUT2D eigenvalue weighted by Gasteiger charge is 2.37. The van der Waals surface area contributed by atoms with Crippen LogP contribution in [0.2, 0.25) is 0 Å². The first kappa shape index (κ1) is 10.6. The Kier molecular flexibility index (Phi) is 2.75. The molecule has 0 bridgehead atoms. The van der Waals surface area contributed by atoms with Crippen LogP contribution in [0.5, 0.6) is 0 Å². The van der Waals surface area contributed by atoms with Gasteiger partial charge in [0, 0.05) is 11.8 Å². The minimum Gasteiger partial charge on any atom is -0.481 e. The Morgan fingerprint density at radius 2 is 2.40 bits per heavy atom. The lowest BCUT2D eigenvalue weighted by atomic mass is 9.78. The lowest BCUT2D eigenvalue weighted by Gasteiger charge is -2.35. The fourth-order valence-corrected chi connectivity index (χ4v) is 2.68. The standard InChI is InChI=1S/C10H14N2O2S/c11-10(4-1-5-10)9-12-7(6-15-9)2-3-8(13)14/h6H,1-5,11H2,(H,13,14). The molecule has 1 aromatic rings. The molecule has 1 heterocycles. The van der Waals surface area contributed by atoms with Crippen molar-refractivity contribution in [2.24, 2.45) is 5.73 Å². The Hall–Kier alpha value is -0.940. The predicted molar refractivity (Wildman–Crippen MR) is 57.8 cm³/mol. The van der Waals surface area contributed by atoms with Gasteiger partial charge in [-0.2, -0.15) is 0 Å². The van der Waals surface area contributed by atoms with E-state index in [-0.39, 0.29) is 12.0 Å². The van der Waals surface area contributed by atoms with Crippen LogP contribution in [0.1, 0.15) is 36.4 Å². The number of aliphatic carboxylic acids is 1. The largest absolute Gasteiger partial charge is 0.481 e. The van der Waals surface area contributed by atoms with Gasteiger partial charge in [0.15, 0.2) is 0 Å². The topological polar surface area (TPSA) is 76.2 Å². The molecule has 0 spiro atoms. The summed E-state index contributed by atoms with van der Waals surface area (Å²) in [5.41, 5.74) is 6.76. The van der Waals surface area contributed by atoms with Gasteiger partial charge in [0.05, 0.1) is 17.7 Å². The van der Waals surface area contributed by atoms with Crippen LogP contribution in [0.25, 0.3) is 0 Å². The second kappa shape index (κ2) is 3.90. The third-order valence-electron chi connectivity index (χ3n) is 2.82. The molecule has 1 aliphatic rings. The van der Waals surface area contributed by atoms with E-state index < -0.39 is 5.97 Å². The lowest BCUT2D eigenvalue weighted by molar-refractivity contribution is -0.136. The van der Waals surface area contributed by atoms with E-state index in [0.717, 1.165) is 23.5 Å². The molecule has 82 valence electrons. The van der Waals surface area contributed by atoms with Crippen LogP contribution in [0, 0.1) is 0 Å². The van der Waals surface area contributed by atoms with Gasteiger partial charge in [-0.1, -0.05) is 0 Å². The van der Waals surface area contributed by atoms with Crippen molar-refractivity contribution in [3.8, 4) is 0 Å². The maximum absolute atomic E-state index is 10.4. The molecule has 5 heteroatoms. The summed E-state index contributed by atoms with van der Waals surface area (Å²) in [6.45, 7) is 0. The zero-order valence-electron chi connectivity index (χ0n) is 8.40. The van der Waals surface area contributed by atoms with Crippen molar-refractivity contribution in [3.05, 3.63) is 16.1 Å². The molecule has 3 N–H and O–H groups in total. The quantitative estimate of drug-likeness (QED) is 0.815. The van der Waals surface area contributed by atoms with E-state index in [9.17, 15) is 4.79 Å². The zero-order chi connectivity index (χ0) is 10.9. The number of thiazole rings is 1. The number of rotatable bonds is 4. The number of carboxylic acids is 1. The maximum Gasteiger partial charge on any atom is 0.303 e. The number of hydrogen-bond acceptors (Lipinski definition) is 4. The predicted octanol–water partition coefficient (Wildman–Crippen LogP) is 1.50. The van der Waals surface area contributed by atoms with Crippen molar-refractivity contribution in [1.29, 1.82) is 0 Å². The number of hydrogen-bond donors (Lipinski definition) is 2. The highest BCUT2D eigenvalue weighted by molar-refractivity contribution is 7.09. The average Bonchev–Trinajstić information content (AvgIpc) is 2.59. The average molecular weight is 226 g/mol. The summed E-state index contributed by atoms with van der Waals surface area (Å²) in [5.74, 6) is -0.782. The molecule has 0 amide bonds. The van der Waals surface area contributed by atoms with E-state index in [1.54, 1.807) is 11.3 Å². The third kappa shape index (κ3) is 2.18. The molecule has 0 saturated heterocycles. The van der Waals surface area contributed by atoms with Crippen molar-refractivity contribution in [2.45, 2.75) is 37.6 Å². The SMILES string of the molecule is NC1(c2nc(CCC(=O)O)cs2)CCC1. The van der Waals surface area contributed by atoms with E-state index >= 15 is 0 Å². The first-order valence-corrected chi connectivity index (χ1v) is 5.94. The molecule has 2 rings (SSSR count). The second-order valence-electron chi connectivity index (χ2n) is 4.05. The molecular formula is C10H14N2O2S. The van der Waals surface area contributed by atoms with Gasteiger partial charge in [-0.05, 0) is 19.3 Å². The van der Waals surface area contributed by atoms with Gasteiger partial charge in [0.2, 0.25) is 0 Å². The molecule has 0 aromatic carbocycles. The van der Waals surface area contributed by atoms with Crippen LogP contribution in [0.4, 0.5) is 0 Å². The van der Waals surface area contributed by atoms with E-state index in [1.807, 2.05) is 5.38 Å². The summed E-state index contributed by atoms with van der Waals surface area (Å²) in [7, 11) is 0. The molecule has 1 aliphatic carbocycles. The molecule has 0 radical (unpaired) electrons. The van der Waals surface area contributed by atoms with Crippen molar-refractivity contribution in [1.82, 2.24) is 4.98 Å². The van der Waals surface area contributed by atoms with E-state index in [4.69, 9.17) is 10.8 Å². The number of carboxylic acid groups (broad SMARTS) is 1. The molecular weight excluding hydrogens is 212 g/mol. The van der Waals surface area contributed by atoms with Crippen LogP contribution < -0.4 is 5.73 Å². The number of aryl methyl sites for hydroxylation is 1. The Morgan fingerprint density at radius 1 is 1.67 bits per heavy atom. The summed E-state index contributed by atoms with van der Waals surface area (Å²) in [6, 6.07) is 0. The van der Waals surface area contributed by atoms with Gasteiger partial charge in [-0.3, -0.25) is 4.79 Å². The first-order valence-electron chi connectivity index (χ1n) is 5.06. The summed E-state index contributed by atoms with van der Waals surface area (Å²) >= 11 is 1.55. The van der Waals surface area contributed by atoms with Crippen molar-refractivity contribution < 1.29 is 9.90 Å². The zero-order valence-corrected chi connectivity index (χ0v) is 9.22. The van der Waals surface area contributed by atoms with Crippen LogP contribution in [0.3, 0.4) is 0 Å². The van der Waals surface area contributed by atoms with E-state index in [0.29, 0.717) is 6.42 Å². The van der Waals surface area contributed by atoms with Gasteiger partial charge in [0.1, 0.15) is 5.01 Å². The lowest BCUT2D eigenvalue weighted by Crippen LogP contribution is -2.43. The molecule has 0 unspecified atom stereocenters. The van der Waals surface area contributed by atoms with Gasteiger partial charge < -0.3 is 10.8 Å². The smallest absolute Gasteiger partial charge is 0.303 e. The first-order chi connectivity index (χ1) is 7.10. The highest BCUT2D eigenvalue weighted by atomic mass is 32.1. The normalized spacial score (nSPS) is 18.5. The second-order valence-corrected chi connectivity index (χ2v) is 4.91. The molecule has 1 fully saturated rings. The molecule has 1 saturated carbocycles. The van der Waals surface area contributed by atoms with Gasteiger partial charge in [-0.15, -0.1) is 11.3 Å². The van der Waals surface area contributed by atoms with E-state index in [1.165, 1.54) is 6.42 Å². The van der Waals surface area contributed by atoms with Gasteiger partial charge >= 0.3 is 5.97 Å². The van der Waals surface area contributed by atoms with Crippen LogP contribution in [0.15, 0.2) is 5.38 Å². The monoisotopic (exact) mass is 226 g/mol. The Labute approximate surface area is 92.1 Å². The van der Waals surface area contributed by atoms with Crippen molar-refractivity contribution in [3.63, 3.8) is 0 Å². The number of nitrogens with two attached hydrogens (primary N) is 1. The Morgan fingerprint density at radius 3 is 2.93 bits per heavy atom. The maximum atomic E-state index is 10.4. The third-order valence-corrected chi connectivity index (χ3v) is 3.93. The fraction of sp³-hybridized carbons (Fsp3) is 0.600. The van der Waals surface area contributed by atoms with Gasteiger partial charge in [-0.25, -0.2) is 4.98 Å². The van der Waals surface area contributed by atoms with Crippen LogP contribution >= 0.6 is 11.3 Å². The Bertz CT molecular complexity index is 371. The molecule has 4 nitrogen and oxygen atoms in total. The molecule has 0 aliphatic heterocycles. The minimum absolute atomic E-state index is 0.140. The summed E-state index contributed by atoms with van der Waals surface area (Å²) in [4.78, 5) is 14.8. The molecule has 0 atom stereocenters. The van der Waals surface area contributed by atoms with Crippen LogP contribution in [-0.4, -0.2) is 16.1 Å². The Balaban J connectivity index is 2.00. The molecule has 1 aromatic heterocycles. The van der Waals surface area contributed by atoms with Crippen LogP contribution in [-0.2, 0) is 16.8 Å². The summed E-state index contributed by atoms with van der Waals surface area (Å²) in [6.07, 6.45) is 3.81. The number of aromatic nitrogens is 1. The van der Waals surface area contributed by atoms with E-state index in [2.05, 4.69) is 4.98 Å². The van der Waals surface area contributed by atoms with Gasteiger partial charge in [0.25, 0.3) is 0 Å². The summed E-state index contributed by atoms with van der Waals surface area (Å²) in [5, 5.41) is 11.4. The van der Waals surface area contributed by atoms with Crippen molar-refractivity contribution in [2.75, 3.05) is 0 Å². The fourth-order valence-electron chi connectivity index (χ4n) is 1.66. The number of carbonyl (C=O) groups is 1. The number of nitrogens with zero attached hydrogens (tertiary/aromatic N) is 1.